The van der Waals surface area contributed by atoms with Crippen LogP contribution < -0.4 is 88.0 Å². The number of carbonyl (C=O) groups excluding carboxylic acids is 10. The van der Waals surface area contributed by atoms with Crippen LogP contribution in [0.5, 0.6) is 5.75 Å². The van der Waals surface area contributed by atoms with Crippen LogP contribution >= 0.6 is 12.6 Å². The molecule has 3 aromatic carbocycles. The van der Waals surface area contributed by atoms with Crippen molar-refractivity contribution in [1.29, 1.82) is 0 Å². The standard InChI is InChI=1S/C61H92N18O13S/c1-34(2)28-40(63)51(83)76-45(31-38-21-23-39(80)24-22-38)54(86)72-41(19-12-26-69-60(65)66)52(84)71-35(3)50(82)75-44(29-36-14-6-4-7-15-36)56(88)79-48(33-93)58(90)77-46(30-37-16-8-5-9-17-37)55(87)73-42(20-13-27-70-61(67)68)53(85)78-47(32-49(64)81)57(89)74-43(59(91)92)18-10-11-25-62/h4-9,14-17,21-24,34-35,40-48,80,93H,10-13,18-20,25-33,62-63H2,1-3H3,(H2,64,81)(H,71,84)(H,72,86)(H,73,87)(H,74,89)(H,75,82)(H,76,83)(H,77,90)(H,78,85)(H,79,88)(H,91,92)(H4,65,66,69)(H4,67,68,70)/t35-,40-,41-,42-,43-,44-,45-,46-,47-,48?/m0/s1. The number of nitrogens with zero attached hydrogens (tertiary/aromatic N) is 2. The largest absolute Gasteiger partial charge is 0.508 e. The van der Waals surface area contributed by atoms with Gasteiger partial charge >= 0.3 is 5.97 Å². The van der Waals surface area contributed by atoms with E-state index in [9.17, 15) is 63.0 Å². The van der Waals surface area contributed by atoms with Crippen LogP contribution in [0.4, 0.5) is 0 Å². The summed E-state index contributed by atoms with van der Waals surface area (Å²) >= 11 is 4.36. The lowest BCUT2D eigenvalue weighted by molar-refractivity contribution is -0.142. The third kappa shape index (κ3) is 30.0. The molecule has 10 atom stereocenters. The SMILES string of the molecule is CC(C)C[C@H](N)C(=O)N[C@@H](Cc1ccc(O)cc1)C(=O)N[C@@H](CCCN=C(N)N)C(=O)N[C@@H](C)C(=O)N[C@@H](Cc1ccccc1)C(=O)NC(CS)C(=O)N[C@@H](Cc1ccccc1)C(=O)N[C@@H](CCCN=C(N)N)C(=O)N[C@@H](CC(N)=O)C(=O)N[C@@H](CCCCN)C(=O)O. The van der Waals surface area contributed by atoms with E-state index in [1.165, 1.54) is 19.1 Å². The predicted octanol–water partition coefficient (Wildman–Crippen LogP) is -3.70. The smallest absolute Gasteiger partial charge is 0.326 e. The first kappa shape index (κ1) is 77.7. The summed E-state index contributed by atoms with van der Waals surface area (Å²) in [5.41, 5.74) is 40.9. The minimum atomic E-state index is -1.71. The minimum absolute atomic E-state index is 0.0262. The van der Waals surface area contributed by atoms with Crippen molar-refractivity contribution in [2.75, 3.05) is 25.4 Å². The van der Waals surface area contributed by atoms with Crippen molar-refractivity contribution in [2.24, 2.45) is 56.0 Å². The van der Waals surface area contributed by atoms with E-state index >= 15 is 0 Å². The first-order chi connectivity index (χ1) is 44.1. The van der Waals surface area contributed by atoms with Crippen LogP contribution in [0.3, 0.4) is 0 Å². The summed E-state index contributed by atoms with van der Waals surface area (Å²) in [6, 6.07) is 8.67. The van der Waals surface area contributed by atoms with Crippen LogP contribution in [0, 0.1) is 5.92 Å². The zero-order valence-corrected chi connectivity index (χ0v) is 53.4. The summed E-state index contributed by atoms with van der Waals surface area (Å²) in [5, 5.41) is 42.9. The fourth-order valence-corrected chi connectivity index (χ4v) is 9.56. The summed E-state index contributed by atoms with van der Waals surface area (Å²) in [6.45, 7) is 5.35. The first-order valence-electron chi connectivity index (χ1n) is 30.4. The van der Waals surface area contributed by atoms with Gasteiger partial charge in [-0.3, -0.25) is 57.9 Å². The summed E-state index contributed by atoms with van der Waals surface area (Å²) in [5.74, 6) is -11.3. The number of carboxylic acids is 1. The van der Waals surface area contributed by atoms with Crippen molar-refractivity contribution in [2.45, 2.75) is 158 Å². The lowest BCUT2D eigenvalue weighted by Gasteiger charge is -2.27. The van der Waals surface area contributed by atoms with Gasteiger partial charge in [0.05, 0.1) is 12.5 Å². The third-order valence-corrected chi connectivity index (χ3v) is 14.6. The number of aliphatic carboxylic acids is 1. The quantitative estimate of drug-likeness (QED) is 0.0112. The van der Waals surface area contributed by atoms with Gasteiger partial charge in [0.15, 0.2) is 11.9 Å². The number of aliphatic imine (C=N–C) groups is 2. The van der Waals surface area contributed by atoms with Crippen LogP contribution in [0.25, 0.3) is 0 Å². The maximum atomic E-state index is 14.5. The monoisotopic (exact) mass is 1320 g/mol. The number of nitrogens with one attached hydrogen (secondary N) is 9. The molecule has 0 spiro atoms. The van der Waals surface area contributed by atoms with Gasteiger partial charge in [0.25, 0.3) is 0 Å². The van der Waals surface area contributed by atoms with E-state index in [1.54, 1.807) is 72.8 Å². The molecule has 31 nitrogen and oxygen atoms in total. The normalized spacial score (nSPS) is 14.2. The number of benzene rings is 3. The lowest BCUT2D eigenvalue weighted by atomic mass is 10.0. The number of unbranched alkanes of at least 4 members (excludes halogenated alkanes) is 1. The van der Waals surface area contributed by atoms with E-state index in [0.29, 0.717) is 36.0 Å². The van der Waals surface area contributed by atoms with Gasteiger partial charge in [-0.15, -0.1) is 0 Å². The number of thiol groups is 1. The summed E-state index contributed by atoms with van der Waals surface area (Å²) in [4.78, 5) is 159. The highest BCUT2D eigenvalue weighted by Gasteiger charge is 2.36. The molecule has 0 aromatic heterocycles. The number of carboxylic acid groups (broad SMARTS) is 1. The molecule has 32 heteroatoms. The Kier molecular flexibility index (Phi) is 34.3. The van der Waals surface area contributed by atoms with Crippen LogP contribution in [0.1, 0.15) is 95.2 Å². The number of phenols is 1. The van der Waals surface area contributed by atoms with Crippen molar-refractivity contribution in [3.8, 4) is 5.75 Å². The van der Waals surface area contributed by atoms with Gasteiger partial charge in [-0.1, -0.05) is 86.6 Å². The van der Waals surface area contributed by atoms with E-state index in [-0.39, 0.29) is 100 Å². The van der Waals surface area contributed by atoms with Crippen LogP contribution in [0.15, 0.2) is 94.9 Å². The second kappa shape index (κ2) is 41.0. The molecule has 3 rings (SSSR count). The van der Waals surface area contributed by atoms with Gasteiger partial charge < -0.3 is 98.2 Å². The first-order valence-corrected chi connectivity index (χ1v) is 31.0. The Morgan fingerprint density at radius 3 is 1.25 bits per heavy atom. The lowest BCUT2D eigenvalue weighted by Crippen LogP contribution is -2.61. The Hall–Kier alpha value is -9.56. The number of primary amides is 1. The summed E-state index contributed by atoms with van der Waals surface area (Å²) in [7, 11) is 0. The van der Waals surface area contributed by atoms with E-state index in [4.69, 9.17) is 40.1 Å². The maximum absolute atomic E-state index is 14.5. The van der Waals surface area contributed by atoms with E-state index in [0.717, 1.165) is 0 Å². The van der Waals surface area contributed by atoms with Gasteiger partial charge in [-0.25, -0.2) is 4.79 Å². The fourth-order valence-electron chi connectivity index (χ4n) is 9.30. The number of phenolic OH excluding ortho intramolecular Hbond substituents is 1. The number of hydrogen-bond acceptors (Lipinski definition) is 17. The molecule has 510 valence electrons. The Balaban J connectivity index is 1.94. The number of guanidine groups is 2. The Bertz CT molecular complexity index is 3010. The van der Waals surface area contributed by atoms with Gasteiger partial charge in [0.2, 0.25) is 59.1 Å². The fraction of sp³-hybridized carbons (Fsp3) is 0.492. The highest BCUT2D eigenvalue weighted by Crippen LogP contribution is 2.15. The van der Waals surface area contributed by atoms with Crippen molar-refractivity contribution in [1.82, 2.24) is 47.9 Å². The second-order valence-corrected chi connectivity index (χ2v) is 22.9. The molecule has 0 bridgehead atoms. The number of carbonyl (C=O) groups is 11. The molecule has 0 aliphatic rings. The number of hydrogen-bond donors (Lipinski definition) is 19. The zero-order chi connectivity index (χ0) is 69.2. The van der Waals surface area contributed by atoms with Crippen LogP contribution in [-0.4, -0.2) is 173 Å². The summed E-state index contributed by atoms with van der Waals surface area (Å²) < 4.78 is 0. The molecule has 0 heterocycles. The number of rotatable bonds is 42. The molecule has 3 aromatic rings. The molecule has 0 aliphatic carbocycles. The van der Waals surface area contributed by atoms with Gasteiger partial charge in [-0.2, -0.15) is 12.6 Å². The zero-order valence-electron chi connectivity index (χ0n) is 52.5. The predicted molar refractivity (Wildman–Crippen MR) is 351 cm³/mol. The van der Waals surface area contributed by atoms with Crippen molar-refractivity contribution >= 4 is 89.6 Å². The highest BCUT2D eigenvalue weighted by molar-refractivity contribution is 7.80. The Labute approximate surface area is 545 Å². The van der Waals surface area contributed by atoms with E-state index in [1.807, 2.05) is 13.8 Å². The third-order valence-electron chi connectivity index (χ3n) is 14.2. The van der Waals surface area contributed by atoms with Gasteiger partial charge in [0, 0.05) is 38.1 Å². The van der Waals surface area contributed by atoms with Crippen molar-refractivity contribution in [3.63, 3.8) is 0 Å². The van der Waals surface area contributed by atoms with Gasteiger partial charge in [0.1, 0.15) is 60.1 Å². The van der Waals surface area contributed by atoms with Crippen LogP contribution in [-0.2, 0) is 72.0 Å². The molecular formula is C61H92N18O13S. The molecule has 0 saturated carbocycles. The number of nitrogens with two attached hydrogens (primary N) is 7. The molecule has 10 amide bonds. The van der Waals surface area contributed by atoms with Gasteiger partial charge in [-0.05, 0) is 99.6 Å². The molecule has 0 fully saturated rings. The van der Waals surface area contributed by atoms with E-state index in [2.05, 4.69) is 70.5 Å². The van der Waals surface area contributed by atoms with Crippen LogP contribution in [0.2, 0.25) is 0 Å². The average Bonchev–Trinajstić information content (AvgIpc) is 1.11. The molecule has 25 N–H and O–H groups in total. The molecular weight excluding hydrogens is 1220 g/mol. The number of amides is 10. The molecule has 0 aliphatic heterocycles. The molecule has 0 radical (unpaired) electrons. The highest BCUT2D eigenvalue weighted by atomic mass is 32.1. The molecule has 1 unspecified atom stereocenters. The molecule has 0 saturated heterocycles. The Morgan fingerprint density at radius 1 is 0.452 bits per heavy atom. The number of aromatic hydroxyl groups is 1. The minimum Gasteiger partial charge on any atom is -0.508 e. The van der Waals surface area contributed by atoms with E-state index < -0.39 is 132 Å². The summed E-state index contributed by atoms with van der Waals surface area (Å²) in [6.07, 6.45) is -0.189. The topological polar surface area (TPSA) is 543 Å². The van der Waals surface area contributed by atoms with Crippen molar-refractivity contribution < 1.29 is 63.0 Å². The second-order valence-electron chi connectivity index (χ2n) is 22.6. The van der Waals surface area contributed by atoms with Crippen molar-refractivity contribution in [3.05, 3.63) is 102 Å². The maximum Gasteiger partial charge on any atom is 0.326 e. The Morgan fingerprint density at radius 2 is 0.817 bits per heavy atom. The average molecular weight is 1320 g/mol. The molecule has 93 heavy (non-hydrogen) atoms.